The second kappa shape index (κ2) is 7.08. The minimum absolute atomic E-state index is 0.259. The summed E-state index contributed by atoms with van der Waals surface area (Å²) >= 11 is 0. The highest BCUT2D eigenvalue weighted by Crippen LogP contribution is 2.17. The number of rotatable bonds is 4. The molecule has 2 heterocycles. The SMILES string of the molecule is O=CN1CCN(c2ccnc(C(=O)Nc3cccc(F)c3)c2)CC1. The van der Waals surface area contributed by atoms with Crippen molar-refractivity contribution in [3.8, 4) is 0 Å². The van der Waals surface area contributed by atoms with Crippen molar-refractivity contribution in [3.05, 3.63) is 54.1 Å². The first-order valence-electron chi connectivity index (χ1n) is 7.63. The molecule has 0 atom stereocenters. The quantitative estimate of drug-likeness (QED) is 0.869. The molecule has 1 aromatic heterocycles. The number of carbonyl (C=O) groups excluding carboxylic acids is 2. The average Bonchev–Trinajstić information content (AvgIpc) is 2.62. The van der Waals surface area contributed by atoms with Gasteiger partial charge in [-0.05, 0) is 30.3 Å². The zero-order valence-electron chi connectivity index (χ0n) is 13.0. The van der Waals surface area contributed by atoms with Crippen LogP contribution in [0.4, 0.5) is 15.8 Å². The van der Waals surface area contributed by atoms with Gasteiger partial charge in [-0.25, -0.2) is 4.39 Å². The van der Waals surface area contributed by atoms with E-state index in [0.29, 0.717) is 31.9 Å². The molecule has 0 aliphatic carbocycles. The minimum Gasteiger partial charge on any atom is -0.368 e. The van der Waals surface area contributed by atoms with E-state index >= 15 is 0 Å². The highest BCUT2D eigenvalue weighted by molar-refractivity contribution is 6.03. The number of piperazine rings is 1. The molecule has 0 bridgehead atoms. The van der Waals surface area contributed by atoms with Gasteiger partial charge in [0.1, 0.15) is 11.5 Å². The number of halogens is 1. The lowest BCUT2D eigenvalue weighted by molar-refractivity contribution is -0.118. The number of aromatic nitrogens is 1. The molecule has 0 radical (unpaired) electrons. The van der Waals surface area contributed by atoms with Gasteiger partial charge in [-0.2, -0.15) is 0 Å². The summed E-state index contributed by atoms with van der Waals surface area (Å²) in [6.45, 7) is 2.70. The topological polar surface area (TPSA) is 65.5 Å². The Morgan fingerprint density at radius 3 is 2.67 bits per heavy atom. The monoisotopic (exact) mass is 328 g/mol. The lowest BCUT2D eigenvalue weighted by atomic mass is 10.2. The van der Waals surface area contributed by atoms with Gasteiger partial charge in [0, 0.05) is 43.8 Å². The Kier molecular flexibility index (Phi) is 4.69. The molecule has 0 unspecified atom stereocenters. The van der Waals surface area contributed by atoms with Crippen molar-refractivity contribution in [1.82, 2.24) is 9.88 Å². The number of nitrogens with one attached hydrogen (secondary N) is 1. The average molecular weight is 328 g/mol. The van der Waals surface area contributed by atoms with E-state index in [1.165, 1.54) is 18.2 Å². The molecule has 24 heavy (non-hydrogen) atoms. The fourth-order valence-corrected chi connectivity index (χ4v) is 2.59. The Labute approximate surface area is 138 Å². The van der Waals surface area contributed by atoms with Gasteiger partial charge in [-0.3, -0.25) is 14.6 Å². The van der Waals surface area contributed by atoms with E-state index in [1.807, 2.05) is 6.07 Å². The number of benzene rings is 1. The van der Waals surface area contributed by atoms with Crippen LogP contribution >= 0.6 is 0 Å². The molecule has 0 saturated carbocycles. The van der Waals surface area contributed by atoms with Gasteiger partial charge in [0.15, 0.2) is 0 Å². The van der Waals surface area contributed by atoms with Gasteiger partial charge in [0.25, 0.3) is 5.91 Å². The third-order valence-corrected chi connectivity index (χ3v) is 3.89. The Hall–Kier alpha value is -2.96. The van der Waals surface area contributed by atoms with Crippen LogP contribution in [0.5, 0.6) is 0 Å². The van der Waals surface area contributed by atoms with E-state index < -0.39 is 11.7 Å². The van der Waals surface area contributed by atoms with Crippen LogP contribution < -0.4 is 10.2 Å². The van der Waals surface area contributed by atoms with Crippen LogP contribution in [0.1, 0.15) is 10.5 Å². The second-order valence-corrected chi connectivity index (χ2v) is 5.49. The molecule has 2 aromatic rings. The molecule has 1 N–H and O–H groups in total. The lowest BCUT2D eigenvalue weighted by Gasteiger charge is -2.34. The Balaban J connectivity index is 1.70. The summed E-state index contributed by atoms with van der Waals surface area (Å²) in [5, 5.41) is 2.63. The Morgan fingerprint density at radius 2 is 1.96 bits per heavy atom. The van der Waals surface area contributed by atoms with Crippen molar-refractivity contribution < 1.29 is 14.0 Å². The normalized spacial score (nSPS) is 14.4. The number of hydrogen-bond donors (Lipinski definition) is 1. The zero-order chi connectivity index (χ0) is 16.9. The van der Waals surface area contributed by atoms with Crippen molar-refractivity contribution in [3.63, 3.8) is 0 Å². The summed E-state index contributed by atoms with van der Waals surface area (Å²) < 4.78 is 13.2. The van der Waals surface area contributed by atoms with Crippen LogP contribution in [0.25, 0.3) is 0 Å². The zero-order valence-corrected chi connectivity index (χ0v) is 13.0. The van der Waals surface area contributed by atoms with Gasteiger partial charge in [-0.1, -0.05) is 6.07 Å². The third kappa shape index (κ3) is 3.68. The van der Waals surface area contributed by atoms with Gasteiger partial charge >= 0.3 is 0 Å². The van der Waals surface area contributed by atoms with E-state index in [-0.39, 0.29) is 5.69 Å². The van der Waals surface area contributed by atoms with Gasteiger partial charge in [-0.15, -0.1) is 0 Å². The van der Waals surface area contributed by atoms with E-state index in [4.69, 9.17) is 0 Å². The van der Waals surface area contributed by atoms with Gasteiger partial charge in [0.05, 0.1) is 0 Å². The maximum absolute atomic E-state index is 13.2. The highest BCUT2D eigenvalue weighted by atomic mass is 19.1. The summed E-state index contributed by atoms with van der Waals surface area (Å²) in [4.78, 5) is 31.0. The summed E-state index contributed by atoms with van der Waals surface area (Å²) in [7, 11) is 0. The van der Waals surface area contributed by atoms with Crippen molar-refractivity contribution in [2.75, 3.05) is 36.4 Å². The predicted molar refractivity (Wildman–Crippen MR) is 88.4 cm³/mol. The van der Waals surface area contributed by atoms with Crippen molar-refractivity contribution in [1.29, 1.82) is 0 Å². The summed E-state index contributed by atoms with van der Waals surface area (Å²) in [6, 6.07) is 9.24. The van der Waals surface area contributed by atoms with Gasteiger partial charge < -0.3 is 15.1 Å². The number of pyridine rings is 1. The van der Waals surface area contributed by atoms with Crippen LogP contribution in [0.15, 0.2) is 42.6 Å². The molecule has 0 spiro atoms. The van der Waals surface area contributed by atoms with Crippen LogP contribution in [0.2, 0.25) is 0 Å². The third-order valence-electron chi connectivity index (χ3n) is 3.89. The molecule has 7 heteroatoms. The molecule has 1 aliphatic rings. The largest absolute Gasteiger partial charge is 0.368 e. The Bertz CT molecular complexity index is 745. The number of anilines is 2. The fraction of sp³-hybridized carbons (Fsp3) is 0.235. The maximum atomic E-state index is 13.2. The highest BCUT2D eigenvalue weighted by Gasteiger charge is 2.17. The summed E-state index contributed by atoms with van der Waals surface area (Å²) in [5.41, 5.74) is 1.52. The fourth-order valence-electron chi connectivity index (χ4n) is 2.59. The minimum atomic E-state index is -0.414. The van der Waals surface area contributed by atoms with E-state index in [0.717, 1.165) is 12.1 Å². The molecule has 1 fully saturated rings. The van der Waals surface area contributed by atoms with Crippen LogP contribution in [0, 0.1) is 5.82 Å². The number of hydrogen-bond acceptors (Lipinski definition) is 4. The summed E-state index contributed by atoms with van der Waals surface area (Å²) in [5.74, 6) is -0.809. The molecule has 6 nitrogen and oxygen atoms in total. The van der Waals surface area contributed by atoms with Crippen LogP contribution in [-0.4, -0.2) is 48.4 Å². The molecule has 2 amide bonds. The van der Waals surface area contributed by atoms with E-state index in [9.17, 15) is 14.0 Å². The molecule has 124 valence electrons. The first-order valence-corrected chi connectivity index (χ1v) is 7.63. The van der Waals surface area contributed by atoms with Gasteiger partial charge in [0.2, 0.25) is 6.41 Å². The number of amides is 2. The second-order valence-electron chi connectivity index (χ2n) is 5.49. The predicted octanol–water partition coefficient (Wildman–Crippen LogP) is 1.75. The molecule has 3 rings (SSSR count). The van der Waals surface area contributed by atoms with E-state index in [1.54, 1.807) is 23.2 Å². The molecule has 1 aliphatic heterocycles. The Morgan fingerprint density at radius 1 is 1.17 bits per heavy atom. The molecular weight excluding hydrogens is 311 g/mol. The molecular formula is C17H17FN4O2. The first-order chi connectivity index (χ1) is 11.7. The maximum Gasteiger partial charge on any atom is 0.274 e. The summed E-state index contributed by atoms with van der Waals surface area (Å²) in [6.07, 6.45) is 2.42. The smallest absolute Gasteiger partial charge is 0.274 e. The number of nitrogens with zero attached hydrogens (tertiary/aromatic N) is 3. The van der Waals surface area contributed by atoms with E-state index in [2.05, 4.69) is 15.2 Å². The number of carbonyl (C=O) groups is 2. The lowest BCUT2D eigenvalue weighted by Crippen LogP contribution is -2.45. The van der Waals surface area contributed by atoms with Crippen LogP contribution in [0.3, 0.4) is 0 Å². The molecule has 1 saturated heterocycles. The van der Waals surface area contributed by atoms with Crippen molar-refractivity contribution in [2.24, 2.45) is 0 Å². The molecule has 1 aromatic carbocycles. The van der Waals surface area contributed by atoms with Crippen LogP contribution in [-0.2, 0) is 4.79 Å². The van der Waals surface area contributed by atoms with Crippen molar-refractivity contribution in [2.45, 2.75) is 0 Å². The first kappa shape index (κ1) is 15.9. The van der Waals surface area contributed by atoms with Crippen molar-refractivity contribution >= 4 is 23.7 Å². The standard InChI is InChI=1S/C17H17FN4O2/c18-13-2-1-3-14(10-13)20-17(24)16-11-15(4-5-19-16)22-8-6-21(12-23)7-9-22/h1-5,10-12H,6-9H2,(H,20,24).